The molecule has 1 aromatic rings. The molecule has 1 aromatic carbocycles. The lowest BCUT2D eigenvalue weighted by atomic mass is 9.96. The molecule has 3 aliphatic rings. The van der Waals surface area contributed by atoms with Crippen molar-refractivity contribution in [2.75, 3.05) is 38.5 Å². The molecule has 0 unspecified atom stereocenters. The Morgan fingerprint density at radius 1 is 1.17 bits per heavy atom. The third-order valence-electron chi connectivity index (χ3n) is 5.49. The number of amides is 3. The van der Waals surface area contributed by atoms with Crippen molar-refractivity contribution in [2.45, 2.75) is 25.4 Å². The molecule has 0 atom stereocenters. The highest BCUT2D eigenvalue weighted by atomic mass is 16.2. The van der Waals surface area contributed by atoms with Gasteiger partial charge >= 0.3 is 6.03 Å². The third kappa shape index (κ3) is 2.75. The van der Waals surface area contributed by atoms with Crippen LogP contribution in [0, 0.1) is 5.92 Å². The van der Waals surface area contributed by atoms with Gasteiger partial charge in [0.2, 0.25) is 5.91 Å². The first-order valence-corrected chi connectivity index (χ1v) is 8.74. The van der Waals surface area contributed by atoms with Crippen LogP contribution in [0.5, 0.6) is 0 Å². The number of likely N-dealkylation sites (tertiary alicyclic amines) is 2. The Morgan fingerprint density at radius 3 is 2.58 bits per heavy atom. The van der Waals surface area contributed by atoms with Gasteiger partial charge in [0.25, 0.3) is 0 Å². The van der Waals surface area contributed by atoms with Crippen LogP contribution in [0.1, 0.15) is 18.4 Å². The van der Waals surface area contributed by atoms with Crippen molar-refractivity contribution in [3.8, 4) is 0 Å². The van der Waals surface area contributed by atoms with E-state index < -0.39 is 0 Å². The topological polar surface area (TPSA) is 55.9 Å². The largest absolute Gasteiger partial charge is 0.342 e. The highest BCUT2D eigenvalue weighted by Crippen LogP contribution is 2.28. The fourth-order valence-electron chi connectivity index (χ4n) is 4.03. The normalized spacial score (nSPS) is 22.8. The maximum Gasteiger partial charge on any atom is 0.322 e. The molecule has 0 bridgehead atoms. The summed E-state index contributed by atoms with van der Waals surface area (Å²) in [6, 6.07) is 8.16. The molecule has 2 saturated heterocycles. The Bertz CT molecular complexity index is 648. The number of nitrogens with one attached hydrogen (secondary N) is 1. The molecule has 3 amide bonds. The molecule has 0 aromatic heterocycles. The van der Waals surface area contributed by atoms with E-state index >= 15 is 0 Å². The summed E-state index contributed by atoms with van der Waals surface area (Å²) in [5.74, 6) is 0.469. The van der Waals surface area contributed by atoms with Gasteiger partial charge in [0.1, 0.15) is 0 Å². The molecular weight excluding hydrogens is 304 g/mol. The molecule has 0 radical (unpaired) electrons. The van der Waals surface area contributed by atoms with Crippen molar-refractivity contribution in [1.29, 1.82) is 0 Å². The number of para-hydroxylation sites is 1. The van der Waals surface area contributed by atoms with E-state index in [2.05, 4.69) is 16.3 Å². The molecule has 4 rings (SSSR count). The maximum absolute atomic E-state index is 12.4. The highest BCUT2D eigenvalue weighted by molar-refractivity contribution is 5.92. The lowest BCUT2D eigenvalue weighted by Crippen LogP contribution is -2.56. The van der Waals surface area contributed by atoms with Crippen LogP contribution in [-0.4, -0.2) is 65.9 Å². The summed E-state index contributed by atoms with van der Waals surface area (Å²) in [4.78, 5) is 30.9. The van der Waals surface area contributed by atoms with E-state index in [4.69, 9.17) is 0 Å². The molecule has 0 aliphatic carbocycles. The van der Waals surface area contributed by atoms with E-state index in [1.165, 1.54) is 0 Å². The van der Waals surface area contributed by atoms with Gasteiger partial charge in [0, 0.05) is 44.5 Å². The van der Waals surface area contributed by atoms with Gasteiger partial charge in [0.05, 0.1) is 5.92 Å². The molecule has 0 spiro atoms. The third-order valence-corrected chi connectivity index (χ3v) is 5.49. The molecule has 0 saturated carbocycles. The van der Waals surface area contributed by atoms with E-state index in [-0.39, 0.29) is 18.0 Å². The molecule has 2 fully saturated rings. The molecule has 1 N–H and O–H groups in total. The number of carbonyl (C=O) groups is 2. The van der Waals surface area contributed by atoms with Crippen LogP contribution in [0.15, 0.2) is 24.3 Å². The first-order valence-electron chi connectivity index (χ1n) is 8.74. The average molecular weight is 328 g/mol. The minimum absolute atomic E-state index is 0.0147. The lowest BCUT2D eigenvalue weighted by molar-refractivity contribution is -0.141. The Labute approximate surface area is 142 Å². The maximum atomic E-state index is 12.4. The number of carbonyl (C=O) groups excluding carboxylic acids is 2. The summed E-state index contributed by atoms with van der Waals surface area (Å²) in [7, 11) is 2.04. The van der Waals surface area contributed by atoms with Crippen molar-refractivity contribution >= 4 is 17.6 Å². The monoisotopic (exact) mass is 328 g/mol. The lowest BCUT2D eigenvalue weighted by Gasteiger charge is -2.43. The Balaban J connectivity index is 1.36. The number of rotatable bonds is 2. The zero-order valence-electron chi connectivity index (χ0n) is 14.1. The molecule has 3 heterocycles. The SMILES string of the molecule is CN1CC(C(=O)N2CCC(N3Cc4ccccc4NC3=O)CC2)C1. The number of benzene rings is 1. The minimum Gasteiger partial charge on any atom is -0.342 e. The number of hydrogen-bond donors (Lipinski definition) is 1. The zero-order valence-corrected chi connectivity index (χ0v) is 14.1. The number of fused-ring (bicyclic) bond motifs is 1. The number of urea groups is 1. The molecule has 6 nitrogen and oxygen atoms in total. The van der Waals surface area contributed by atoms with Gasteiger partial charge in [-0.3, -0.25) is 4.79 Å². The van der Waals surface area contributed by atoms with Gasteiger partial charge < -0.3 is 20.0 Å². The van der Waals surface area contributed by atoms with Crippen LogP contribution in [0.2, 0.25) is 0 Å². The molecule has 24 heavy (non-hydrogen) atoms. The van der Waals surface area contributed by atoms with Crippen molar-refractivity contribution in [2.24, 2.45) is 5.92 Å². The number of anilines is 1. The molecule has 3 aliphatic heterocycles. The highest BCUT2D eigenvalue weighted by Gasteiger charge is 2.37. The van der Waals surface area contributed by atoms with Crippen LogP contribution < -0.4 is 5.32 Å². The van der Waals surface area contributed by atoms with Gasteiger partial charge in [-0.05, 0) is 31.5 Å². The van der Waals surface area contributed by atoms with Crippen molar-refractivity contribution in [1.82, 2.24) is 14.7 Å². The predicted molar refractivity (Wildman–Crippen MR) is 91.6 cm³/mol. The first-order chi connectivity index (χ1) is 11.6. The predicted octanol–water partition coefficient (Wildman–Crippen LogP) is 1.59. The number of hydrogen-bond acceptors (Lipinski definition) is 3. The second-order valence-electron chi connectivity index (χ2n) is 7.19. The van der Waals surface area contributed by atoms with E-state index in [9.17, 15) is 9.59 Å². The second kappa shape index (κ2) is 6.09. The average Bonchev–Trinajstić information content (AvgIpc) is 2.58. The van der Waals surface area contributed by atoms with Crippen LogP contribution in [0.4, 0.5) is 10.5 Å². The van der Waals surface area contributed by atoms with E-state index in [1.54, 1.807) is 0 Å². The van der Waals surface area contributed by atoms with Gasteiger partial charge in [-0.25, -0.2) is 4.79 Å². The van der Waals surface area contributed by atoms with Crippen LogP contribution in [-0.2, 0) is 11.3 Å². The van der Waals surface area contributed by atoms with Gasteiger partial charge in [0.15, 0.2) is 0 Å². The Morgan fingerprint density at radius 2 is 1.88 bits per heavy atom. The molecule has 128 valence electrons. The summed E-state index contributed by atoms with van der Waals surface area (Å²) in [5, 5.41) is 2.98. The fourth-order valence-corrected chi connectivity index (χ4v) is 4.03. The van der Waals surface area contributed by atoms with Crippen LogP contribution in [0.25, 0.3) is 0 Å². The zero-order chi connectivity index (χ0) is 16.7. The Kier molecular flexibility index (Phi) is 3.92. The second-order valence-corrected chi connectivity index (χ2v) is 7.19. The molecular formula is C18H24N4O2. The van der Waals surface area contributed by atoms with Gasteiger partial charge in [-0.1, -0.05) is 18.2 Å². The smallest absolute Gasteiger partial charge is 0.322 e. The summed E-state index contributed by atoms with van der Waals surface area (Å²) >= 11 is 0. The minimum atomic E-state index is -0.0147. The van der Waals surface area contributed by atoms with E-state index in [0.29, 0.717) is 12.5 Å². The van der Waals surface area contributed by atoms with Crippen molar-refractivity contribution in [3.63, 3.8) is 0 Å². The van der Waals surface area contributed by atoms with Crippen molar-refractivity contribution in [3.05, 3.63) is 29.8 Å². The van der Waals surface area contributed by atoms with E-state index in [0.717, 1.165) is 50.3 Å². The Hall–Kier alpha value is -2.08. The van der Waals surface area contributed by atoms with E-state index in [1.807, 2.05) is 35.0 Å². The summed E-state index contributed by atoms with van der Waals surface area (Å²) < 4.78 is 0. The quantitative estimate of drug-likeness (QED) is 0.897. The number of nitrogens with zero attached hydrogens (tertiary/aromatic N) is 3. The summed E-state index contributed by atoms with van der Waals surface area (Å²) in [6.45, 7) is 3.94. The standard InChI is InChI=1S/C18H24N4O2/c1-20-10-14(11-20)17(23)21-8-6-15(7-9-21)22-12-13-4-2-3-5-16(13)19-18(22)24/h2-5,14-15H,6-12H2,1H3,(H,19,24). The fraction of sp³-hybridized carbons (Fsp3) is 0.556. The number of piperidine rings is 1. The van der Waals surface area contributed by atoms with Gasteiger partial charge in [-0.15, -0.1) is 0 Å². The molecule has 6 heteroatoms. The summed E-state index contributed by atoms with van der Waals surface area (Å²) in [5.41, 5.74) is 2.08. The van der Waals surface area contributed by atoms with Crippen LogP contribution >= 0.6 is 0 Å². The van der Waals surface area contributed by atoms with Gasteiger partial charge in [-0.2, -0.15) is 0 Å². The van der Waals surface area contributed by atoms with Crippen LogP contribution in [0.3, 0.4) is 0 Å². The summed E-state index contributed by atoms with van der Waals surface area (Å²) in [6.07, 6.45) is 1.73. The first kappa shape index (κ1) is 15.4. The van der Waals surface area contributed by atoms with Crippen molar-refractivity contribution < 1.29 is 9.59 Å².